The Balaban J connectivity index is 1.87. The van der Waals surface area contributed by atoms with Gasteiger partial charge in [-0.05, 0) is 20.8 Å². The van der Waals surface area contributed by atoms with Gasteiger partial charge in [0.25, 0.3) is 0 Å². The van der Waals surface area contributed by atoms with Gasteiger partial charge in [0.05, 0.1) is 11.4 Å². The highest BCUT2D eigenvalue weighted by Crippen LogP contribution is 2.29. The minimum atomic E-state index is 0.290. The number of hydrogen-bond donors (Lipinski definition) is 1. The fraction of sp³-hybridized carbons (Fsp3) is 0.200. The first kappa shape index (κ1) is 15.6. The van der Waals surface area contributed by atoms with Crippen LogP contribution >= 0.6 is 0 Å². The maximum Gasteiger partial charge on any atom is 0.205 e. The number of aromatic nitrogens is 8. The number of nitrogens with zero attached hydrogens (tertiary/aromatic N) is 10. The SMILES string of the molecule is Cc1nn(-c2ccncn2)c(N=Nc2c(C)[nH]n3c(C)nnc23)c1C#N. The van der Waals surface area contributed by atoms with E-state index in [1.54, 1.807) is 23.7 Å². The summed E-state index contributed by atoms with van der Waals surface area (Å²) in [5, 5.41) is 33.6. The minimum Gasteiger partial charge on any atom is -0.293 e. The van der Waals surface area contributed by atoms with Crippen molar-refractivity contribution in [3.05, 3.63) is 41.4 Å². The summed E-state index contributed by atoms with van der Waals surface area (Å²) in [6.45, 7) is 5.43. The molecule has 0 aliphatic heterocycles. The van der Waals surface area contributed by atoms with Crippen LogP contribution in [0.2, 0.25) is 0 Å². The first-order chi connectivity index (χ1) is 12.6. The zero-order chi connectivity index (χ0) is 18.3. The van der Waals surface area contributed by atoms with Gasteiger partial charge in [-0.25, -0.2) is 14.5 Å². The lowest BCUT2D eigenvalue weighted by molar-refractivity contribution is 0.820. The number of azo groups is 1. The number of H-pyrrole nitrogens is 1. The zero-order valence-corrected chi connectivity index (χ0v) is 14.2. The first-order valence-corrected chi connectivity index (χ1v) is 7.68. The monoisotopic (exact) mass is 347 g/mol. The van der Waals surface area contributed by atoms with Crippen molar-refractivity contribution >= 4 is 17.2 Å². The molecule has 11 nitrogen and oxygen atoms in total. The van der Waals surface area contributed by atoms with Crippen molar-refractivity contribution in [1.82, 2.24) is 39.6 Å². The van der Waals surface area contributed by atoms with Gasteiger partial charge in [-0.2, -0.15) is 15.0 Å². The molecule has 0 aliphatic rings. The topological polar surface area (TPSA) is 138 Å². The second kappa shape index (κ2) is 5.85. The molecule has 1 N–H and O–H groups in total. The fourth-order valence-corrected chi connectivity index (χ4v) is 2.56. The molecule has 0 unspecified atom stereocenters. The second-order valence-electron chi connectivity index (χ2n) is 5.57. The van der Waals surface area contributed by atoms with Crippen LogP contribution in [0, 0.1) is 32.1 Å². The standard InChI is InChI=1S/C15H13N11/c1-8-11(6-16)14(26(23-8)12-4-5-17-7-18-12)21-20-13-9(2)24-25-10(3)19-22-15(13)25/h4-5,7,24H,1-3H3. The normalized spacial score (nSPS) is 11.5. The van der Waals surface area contributed by atoms with E-state index in [4.69, 9.17) is 0 Å². The third kappa shape index (κ3) is 2.32. The summed E-state index contributed by atoms with van der Waals surface area (Å²) >= 11 is 0. The number of fused-ring (bicyclic) bond motifs is 1. The van der Waals surface area contributed by atoms with Crippen LogP contribution in [0.25, 0.3) is 11.5 Å². The number of rotatable bonds is 3. The molecule has 0 amide bonds. The van der Waals surface area contributed by atoms with Gasteiger partial charge in [0, 0.05) is 12.3 Å². The molecule has 0 atom stereocenters. The molecule has 0 aromatic carbocycles. The molecule has 0 fully saturated rings. The highest BCUT2D eigenvalue weighted by molar-refractivity contribution is 5.66. The summed E-state index contributed by atoms with van der Waals surface area (Å²) in [6.07, 6.45) is 2.99. The van der Waals surface area contributed by atoms with Crippen molar-refractivity contribution in [3.63, 3.8) is 0 Å². The summed E-state index contributed by atoms with van der Waals surface area (Å²) in [6, 6.07) is 3.79. The third-order valence-corrected chi connectivity index (χ3v) is 3.85. The second-order valence-corrected chi connectivity index (χ2v) is 5.57. The Labute approximate surface area is 147 Å². The van der Waals surface area contributed by atoms with Crippen LogP contribution in [0.15, 0.2) is 28.8 Å². The van der Waals surface area contributed by atoms with Gasteiger partial charge < -0.3 is 0 Å². The Bertz CT molecular complexity index is 1170. The number of aryl methyl sites for hydroxylation is 3. The molecule has 4 aromatic heterocycles. The molecule has 4 rings (SSSR count). The summed E-state index contributed by atoms with van der Waals surface area (Å²) in [7, 11) is 0. The Morgan fingerprint density at radius 3 is 2.77 bits per heavy atom. The molecular weight excluding hydrogens is 334 g/mol. The van der Waals surface area contributed by atoms with Crippen LogP contribution in [0.3, 0.4) is 0 Å². The van der Waals surface area contributed by atoms with Crippen LogP contribution in [-0.2, 0) is 0 Å². The molecule has 4 heterocycles. The average Bonchev–Trinajstić information content (AvgIpc) is 3.27. The Hall–Kier alpha value is -3.94. The summed E-state index contributed by atoms with van der Waals surface area (Å²) < 4.78 is 3.19. The molecular formula is C15H13N11. The molecule has 128 valence electrons. The number of aromatic amines is 1. The third-order valence-electron chi connectivity index (χ3n) is 3.85. The highest BCUT2D eigenvalue weighted by atomic mass is 15.4. The molecule has 4 aromatic rings. The van der Waals surface area contributed by atoms with Gasteiger partial charge in [-0.3, -0.25) is 5.10 Å². The van der Waals surface area contributed by atoms with Crippen molar-refractivity contribution in [2.24, 2.45) is 10.2 Å². The Morgan fingerprint density at radius 1 is 1.19 bits per heavy atom. The minimum absolute atomic E-state index is 0.290. The summed E-state index contributed by atoms with van der Waals surface area (Å²) in [5.41, 5.74) is 2.75. The van der Waals surface area contributed by atoms with Gasteiger partial charge in [-0.1, -0.05) is 0 Å². The highest BCUT2D eigenvalue weighted by Gasteiger charge is 2.18. The maximum atomic E-state index is 9.48. The number of nitrogens with one attached hydrogen (secondary N) is 1. The lowest BCUT2D eigenvalue weighted by atomic mass is 10.3. The van der Waals surface area contributed by atoms with E-state index in [2.05, 4.69) is 46.7 Å². The van der Waals surface area contributed by atoms with E-state index in [0.717, 1.165) is 5.69 Å². The number of nitriles is 1. The van der Waals surface area contributed by atoms with E-state index in [1.807, 2.05) is 13.8 Å². The summed E-state index contributed by atoms with van der Waals surface area (Å²) in [5.74, 6) is 1.50. The summed E-state index contributed by atoms with van der Waals surface area (Å²) in [4.78, 5) is 8.05. The predicted octanol–water partition coefficient (Wildman–Crippen LogP) is 2.25. The van der Waals surface area contributed by atoms with Crippen molar-refractivity contribution in [2.45, 2.75) is 20.8 Å². The largest absolute Gasteiger partial charge is 0.293 e. The van der Waals surface area contributed by atoms with Crippen molar-refractivity contribution in [2.75, 3.05) is 0 Å². The molecule has 0 saturated heterocycles. The van der Waals surface area contributed by atoms with Gasteiger partial charge in [0.15, 0.2) is 17.3 Å². The molecule has 0 spiro atoms. The lowest BCUT2D eigenvalue weighted by Crippen LogP contribution is -1.99. The Kier molecular flexibility index (Phi) is 3.51. The van der Waals surface area contributed by atoms with Crippen LogP contribution in [0.4, 0.5) is 11.5 Å². The average molecular weight is 347 g/mol. The number of hydrogen-bond acceptors (Lipinski definition) is 8. The molecule has 11 heteroatoms. The molecule has 0 radical (unpaired) electrons. The van der Waals surface area contributed by atoms with E-state index in [0.29, 0.717) is 40.1 Å². The van der Waals surface area contributed by atoms with Crippen molar-refractivity contribution < 1.29 is 0 Å². The van der Waals surface area contributed by atoms with Crippen LogP contribution < -0.4 is 0 Å². The van der Waals surface area contributed by atoms with Crippen LogP contribution in [0.1, 0.15) is 22.8 Å². The van der Waals surface area contributed by atoms with Crippen molar-refractivity contribution in [3.8, 4) is 11.9 Å². The zero-order valence-electron chi connectivity index (χ0n) is 14.2. The van der Waals surface area contributed by atoms with Crippen LogP contribution in [0.5, 0.6) is 0 Å². The van der Waals surface area contributed by atoms with Gasteiger partial charge in [-0.15, -0.1) is 20.4 Å². The predicted molar refractivity (Wildman–Crippen MR) is 89.6 cm³/mol. The van der Waals surface area contributed by atoms with Crippen molar-refractivity contribution in [1.29, 1.82) is 5.26 Å². The van der Waals surface area contributed by atoms with Gasteiger partial charge in [0.2, 0.25) is 5.65 Å². The van der Waals surface area contributed by atoms with Gasteiger partial charge >= 0.3 is 0 Å². The maximum absolute atomic E-state index is 9.48. The smallest absolute Gasteiger partial charge is 0.205 e. The molecule has 26 heavy (non-hydrogen) atoms. The lowest BCUT2D eigenvalue weighted by Gasteiger charge is -2.01. The van der Waals surface area contributed by atoms with Gasteiger partial charge in [0.1, 0.15) is 23.8 Å². The van der Waals surface area contributed by atoms with E-state index in [-0.39, 0.29) is 0 Å². The molecule has 0 saturated carbocycles. The fourth-order valence-electron chi connectivity index (χ4n) is 2.56. The molecule has 0 bridgehead atoms. The first-order valence-electron chi connectivity index (χ1n) is 7.68. The Morgan fingerprint density at radius 2 is 2.04 bits per heavy atom. The van der Waals surface area contributed by atoms with E-state index >= 15 is 0 Å². The quantitative estimate of drug-likeness (QED) is 0.564. The van der Waals surface area contributed by atoms with Crippen LogP contribution in [-0.4, -0.2) is 39.6 Å². The van der Waals surface area contributed by atoms with E-state index in [1.165, 1.54) is 11.0 Å². The van der Waals surface area contributed by atoms with E-state index in [9.17, 15) is 5.26 Å². The van der Waals surface area contributed by atoms with E-state index < -0.39 is 0 Å². The molecule has 0 aliphatic carbocycles.